The van der Waals surface area contributed by atoms with Gasteiger partial charge in [0.05, 0.1) is 23.2 Å². The maximum Gasteiger partial charge on any atom is 0.284 e. The maximum absolute atomic E-state index is 12.2. The average Bonchev–Trinajstić information content (AvgIpc) is 3.37. The van der Waals surface area contributed by atoms with Gasteiger partial charge in [0.2, 0.25) is 0 Å². The van der Waals surface area contributed by atoms with Crippen LogP contribution in [0.5, 0.6) is 11.5 Å². The Morgan fingerprint density at radius 3 is 1.97 bits per heavy atom. The van der Waals surface area contributed by atoms with E-state index in [2.05, 4.69) is 4.90 Å². The number of rotatable bonds is 9. The lowest BCUT2D eigenvalue weighted by Crippen LogP contribution is -2.25. The number of ether oxygens (including phenoxy) is 2. The Kier molecular flexibility index (Phi) is 7.37. The Hall–Kier alpha value is -3.64. The van der Waals surface area contributed by atoms with Crippen LogP contribution in [0.15, 0.2) is 78.9 Å². The standard InChI is InChI=1S/C27H28N2O4/c1-32-24-13-9-21(10-14-24)26(27(29(30)31)23-7-3-2-4-8-23)22-11-15-25(16-12-22)33-20-19-28-17-5-6-18-28/h2-4,7-16H,5-6,17-20H2,1H3/b27-26-. The van der Waals surface area contributed by atoms with E-state index in [-0.39, 0.29) is 10.6 Å². The molecule has 170 valence electrons. The first-order valence-corrected chi connectivity index (χ1v) is 11.2. The minimum absolute atomic E-state index is 0.0588. The van der Waals surface area contributed by atoms with E-state index >= 15 is 0 Å². The van der Waals surface area contributed by atoms with Gasteiger partial charge in [-0.1, -0.05) is 42.5 Å². The molecule has 0 aromatic heterocycles. The zero-order valence-corrected chi connectivity index (χ0v) is 18.8. The predicted molar refractivity (Wildman–Crippen MR) is 130 cm³/mol. The molecule has 4 rings (SSSR count). The van der Waals surface area contributed by atoms with Gasteiger partial charge >= 0.3 is 0 Å². The first-order chi connectivity index (χ1) is 16.2. The predicted octanol–water partition coefficient (Wildman–Crippen LogP) is 5.36. The largest absolute Gasteiger partial charge is 0.497 e. The van der Waals surface area contributed by atoms with Crippen LogP contribution in [0.25, 0.3) is 11.3 Å². The van der Waals surface area contributed by atoms with Crippen molar-refractivity contribution in [3.05, 3.63) is 106 Å². The third-order valence-corrected chi connectivity index (χ3v) is 5.86. The summed E-state index contributed by atoms with van der Waals surface area (Å²) >= 11 is 0. The van der Waals surface area contributed by atoms with Gasteiger partial charge in [0, 0.05) is 6.54 Å². The van der Waals surface area contributed by atoms with Gasteiger partial charge in [0.25, 0.3) is 5.70 Å². The lowest BCUT2D eigenvalue weighted by molar-refractivity contribution is -0.374. The fourth-order valence-corrected chi connectivity index (χ4v) is 4.15. The molecule has 3 aromatic carbocycles. The number of hydrogen-bond donors (Lipinski definition) is 0. The summed E-state index contributed by atoms with van der Waals surface area (Å²) in [5.74, 6) is 1.46. The van der Waals surface area contributed by atoms with Crippen molar-refractivity contribution in [2.45, 2.75) is 12.8 Å². The normalized spacial score (nSPS) is 14.6. The molecule has 0 spiro atoms. The summed E-state index contributed by atoms with van der Waals surface area (Å²) in [4.78, 5) is 14.3. The molecule has 1 aliphatic heterocycles. The van der Waals surface area contributed by atoms with Crippen LogP contribution in [0.3, 0.4) is 0 Å². The highest BCUT2D eigenvalue weighted by atomic mass is 16.6. The summed E-state index contributed by atoms with van der Waals surface area (Å²) in [6.45, 7) is 3.83. The van der Waals surface area contributed by atoms with Gasteiger partial charge in [0.15, 0.2) is 0 Å². The number of nitrogens with zero attached hydrogens (tertiary/aromatic N) is 2. The first-order valence-electron chi connectivity index (χ1n) is 11.2. The molecule has 1 heterocycles. The van der Waals surface area contributed by atoms with Crippen molar-refractivity contribution in [3.63, 3.8) is 0 Å². The molecule has 0 saturated carbocycles. The number of nitro groups is 1. The van der Waals surface area contributed by atoms with Gasteiger partial charge in [-0.2, -0.15) is 0 Å². The van der Waals surface area contributed by atoms with Crippen LogP contribution >= 0.6 is 0 Å². The Balaban J connectivity index is 1.67. The van der Waals surface area contributed by atoms with Gasteiger partial charge in [-0.15, -0.1) is 0 Å². The monoisotopic (exact) mass is 444 g/mol. The first kappa shape index (κ1) is 22.6. The second-order valence-electron chi connectivity index (χ2n) is 8.00. The molecule has 1 aliphatic rings. The maximum atomic E-state index is 12.2. The molecule has 1 saturated heterocycles. The molecule has 33 heavy (non-hydrogen) atoms. The van der Waals surface area contributed by atoms with Crippen LogP contribution in [-0.2, 0) is 0 Å². The Morgan fingerprint density at radius 1 is 0.848 bits per heavy atom. The quantitative estimate of drug-likeness (QED) is 0.252. The van der Waals surface area contributed by atoms with Gasteiger partial charge in [-0.05, 0) is 73.5 Å². The smallest absolute Gasteiger partial charge is 0.284 e. The van der Waals surface area contributed by atoms with E-state index in [1.54, 1.807) is 19.2 Å². The Morgan fingerprint density at radius 2 is 1.42 bits per heavy atom. The van der Waals surface area contributed by atoms with Crippen molar-refractivity contribution in [1.82, 2.24) is 4.90 Å². The van der Waals surface area contributed by atoms with Crippen LogP contribution < -0.4 is 9.47 Å². The van der Waals surface area contributed by atoms with E-state index in [4.69, 9.17) is 9.47 Å². The Labute approximate surface area is 194 Å². The molecule has 6 nitrogen and oxygen atoms in total. The van der Waals surface area contributed by atoms with E-state index < -0.39 is 0 Å². The molecule has 0 amide bonds. The van der Waals surface area contributed by atoms with Gasteiger partial charge in [0.1, 0.15) is 18.1 Å². The van der Waals surface area contributed by atoms with Crippen LogP contribution in [0.1, 0.15) is 29.5 Å². The van der Waals surface area contributed by atoms with E-state index in [1.165, 1.54) is 12.8 Å². The van der Waals surface area contributed by atoms with Crippen molar-refractivity contribution in [3.8, 4) is 11.5 Å². The summed E-state index contributed by atoms with van der Waals surface area (Å²) < 4.78 is 11.2. The van der Waals surface area contributed by atoms with Crippen LogP contribution in [0, 0.1) is 10.1 Å². The van der Waals surface area contributed by atoms with Crippen molar-refractivity contribution in [2.75, 3.05) is 33.4 Å². The van der Waals surface area contributed by atoms with Crippen LogP contribution in [-0.4, -0.2) is 43.2 Å². The van der Waals surface area contributed by atoms with E-state index in [0.29, 0.717) is 23.5 Å². The summed E-state index contributed by atoms with van der Waals surface area (Å²) in [5, 5.41) is 12.2. The second-order valence-corrected chi connectivity index (χ2v) is 8.00. The molecule has 6 heteroatoms. The molecule has 0 radical (unpaired) electrons. The second kappa shape index (κ2) is 10.8. The SMILES string of the molecule is COc1ccc(/C(=C(\c2ccccc2)[N+](=O)[O-])c2ccc(OCCN3CCCC3)cc2)cc1. The molecule has 0 atom stereocenters. The third kappa shape index (κ3) is 5.59. The molecule has 3 aromatic rings. The average molecular weight is 445 g/mol. The van der Waals surface area contributed by atoms with Gasteiger partial charge < -0.3 is 9.47 Å². The molecule has 0 unspecified atom stereocenters. The Bertz CT molecular complexity index is 1090. The fraction of sp³-hybridized carbons (Fsp3) is 0.259. The number of likely N-dealkylation sites (tertiary alicyclic amines) is 1. The van der Waals surface area contributed by atoms with E-state index in [9.17, 15) is 10.1 Å². The lowest BCUT2D eigenvalue weighted by atomic mass is 9.93. The highest BCUT2D eigenvalue weighted by Gasteiger charge is 2.24. The number of methoxy groups -OCH3 is 1. The topological polar surface area (TPSA) is 64.8 Å². The summed E-state index contributed by atoms with van der Waals surface area (Å²) in [6.07, 6.45) is 2.52. The van der Waals surface area contributed by atoms with Crippen molar-refractivity contribution in [2.24, 2.45) is 0 Å². The van der Waals surface area contributed by atoms with E-state index in [0.717, 1.165) is 36.5 Å². The third-order valence-electron chi connectivity index (χ3n) is 5.86. The van der Waals surface area contributed by atoms with Crippen molar-refractivity contribution < 1.29 is 14.4 Å². The van der Waals surface area contributed by atoms with Crippen LogP contribution in [0.4, 0.5) is 0 Å². The summed E-state index contributed by atoms with van der Waals surface area (Å²) in [5.41, 5.74) is 2.66. The fourth-order valence-electron chi connectivity index (χ4n) is 4.15. The molecular weight excluding hydrogens is 416 g/mol. The molecule has 0 aliphatic carbocycles. The number of hydrogen-bond acceptors (Lipinski definition) is 5. The highest BCUT2D eigenvalue weighted by Crippen LogP contribution is 2.34. The molecule has 0 N–H and O–H groups in total. The highest BCUT2D eigenvalue weighted by molar-refractivity contribution is 5.95. The summed E-state index contributed by atoms with van der Waals surface area (Å²) in [6, 6.07) is 23.8. The lowest BCUT2D eigenvalue weighted by Gasteiger charge is -2.15. The van der Waals surface area contributed by atoms with Gasteiger partial charge in [-0.25, -0.2) is 0 Å². The van der Waals surface area contributed by atoms with Crippen molar-refractivity contribution >= 4 is 11.3 Å². The molecule has 0 bridgehead atoms. The zero-order valence-electron chi connectivity index (χ0n) is 18.8. The van der Waals surface area contributed by atoms with Crippen molar-refractivity contribution in [1.29, 1.82) is 0 Å². The van der Waals surface area contributed by atoms with Crippen LogP contribution in [0.2, 0.25) is 0 Å². The van der Waals surface area contributed by atoms with E-state index in [1.807, 2.05) is 66.7 Å². The molecule has 1 fully saturated rings. The number of benzene rings is 3. The minimum Gasteiger partial charge on any atom is -0.497 e. The van der Waals surface area contributed by atoms with Gasteiger partial charge in [-0.3, -0.25) is 15.0 Å². The minimum atomic E-state index is -0.310. The summed E-state index contributed by atoms with van der Waals surface area (Å²) in [7, 11) is 1.60. The zero-order chi connectivity index (χ0) is 23.0. The molecular formula is C27H28N2O4.